The Morgan fingerprint density at radius 2 is 2.04 bits per heavy atom. The van der Waals surface area contributed by atoms with Crippen LogP contribution in [0.2, 0.25) is 5.02 Å². The molecule has 1 heterocycles. The average molecular weight is 401 g/mol. The van der Waals surface area contributed by atoms with E-state index in [2.05, 4.69) is 19.6 Å². The van der Waals surface area contributed by atoms with Gasteiger partial charge in [0.15, 0.2) is 6.61 Å². The Hall–Kier alpha value is -2.30. The number of benzene rings is 2. The third-order valence-electron chi connectivity index (χ3n) is 5.29. The highest BCUT2D eigenvalue weighted by atomic mass is 35.5. The zero-order valence-corrected chi connectivity index (χ0v) is 16.9. The molecular formula is C23H25ClO4. The topological polar surface area (TPSA) is 55.8 Å². The van der Waals surface area contributed by atoms with E-state index in [1.165, 1.54) is 0 Å². The van der Waals surface area contributed by atoms with E-state index in [9.17, 15) is 4.79 Å². The Labute approximate surface area is 170 Å². The van der Waals surface area contributed by atoms with E-state index in [4.69, 9.17) is 26.2 Å². The molecule has 5 heteroatoms. The monoisotopic (exact) mass is 400 g/mol. The van der Waals surface area contributed by atoms with Gasteiger partial charge in [-0.1, -0.05) is 54.1 Å². The van der Waals surface area contributed by atoms with Crippen LogP contribution in [0, 0.1) is 5.92 Å². The van der Waals surface area contributed by atoms with E-state index in [1.54, 1.807) is 6.07 Å². The Bertz CT molecular complexity index is 863. The fourth-order valence-corrected chi connectivity index (χ4v) is 4.09. The number of para-hydroxylation sites is 1. The number of ether oxygens (including phenoxy) is 2. The van der Waals surface area contributed by atoms with Gasteiger partial charge in [0.05, 0.1) is 12.2 Å². The summed E-state index contributed by atoms with van der Waals surface area (Å²) in [5.41, 5.74) is 3.03. The van der Waals surface area contributed by atoms with Crippen LogP contribution in [-0.2, 0) is 9.53 Å². The molecule has 1 saturated heterocycles. The van der Waals surface area contributed by atoms with Crippen LogP contribution in [0.4, 0.5) is 0 Å². The number of hydrogen-bond donors (Lipinski definition) is 1. The van der Waals surface area contributed by atoms with Gasteiger partial charge in [0.25, 0.3) is 0 Å². The van der Waals surface area contributed by atoms with Gasteiger partial charge < -0.3 is 14.6 Å². The smallest absolute Gasteiger partial charge is 0.341 e. The number of rotatable bonds is 6. The van der Waals surface area contributed by atoms with Crippen molar-refractivity contribution in [2.24, 2.45) is 5.92 Å². The molecule has 3 rings (SSSR count). The molecule has 0 bridgehead atoms. The van der Waals surface area contributed by atoms with Crippen LogP contribution < -0.4 is 4.74 Å². The van der Waals surface area contributed by atoms with Crippen molar-refractivity contribution >= 4 is 17.6 Å². The summed E-state index contributed by atoms with van der Waals surface area (Å²) in [5.74, 6) is -0.196. The highest BCUT2D eigenvalue weighted by Crippen LogP contribution is 2.48. The lowest BCUT2D eigenvalue weighted by atomic mass is 9.76. The Morgan fingerprint density at radius 1 is 1.29 bits per heavy atom. The molecule has 28 heavy (non-hydrogen) atoms. The van der Waals surface area contributed by atoms with E-state index < -0.39 is 5.97 Å². The van der Waals surface area contributed by atoms with Gasteiger partial charge in [0.2, 0.25) is 0 Å². The van der Waals surface area contributed by atoms with E-state index in [0.717, 1.165) is 23.1 Å². The Balaban J connectivity index is 1.91. The van der Waals surface area contributed by atoms with Crippen molar-refractivity contribution in [2.45, 2.75) is 38.4 Å². The lowest BCUT2D eigenvalue weighted by Crippen LogP contribution is -2.34. The molecule has 2 aromatic carbocycles. The number of aliphatic carboxylic acids is 1. The van der Waals surface area contributed by atoms with Crippen LogP contribution in [-0.4, -0.2) is 23.8 Å². The van der Waals surface area contributed by atoms with Crippen LogP contribution in [0.15, 0.2) is 60.7 Å². The van der Waals surface area contributed by atoms with E-state index in [0.29, 0.717) is 10.8 Å². The van der Waals surface area contributed by atoms with Crippen molar-refractivity contribution in [3.63, 3.8) is 0 Å². The standard InChI is InChI=1S/C23H25ClO4/c1-14(2)19-12-20(16-7-6-8-17(24)11-16)15(3)28-23(19)18-9-4-5-10-21(18)27-13-22(25)26/h4-11,15,19-20,23H,1,12-13H2,2-3H3,(H,25,26)/t15-,19+,20-,23+/m0/s1. The predicted octanol–water partition coefficient (Wildman–Crippen LogP) is 5.63. The third kappa shape index (κ3) is 4.57. The van der Waals surface area contributed by atoms with Crippen molar-refractivity contribution in [2.75, 3.05) is 6.61 Å². The number of carboxylic acid groups (broad SMARTS) is 1. The number of halogens is 1. The van der Waals surface area contributed by atoms with E-state index >= 15 is 0 Å². The van der Waals surface area contributed by atoms with E-state index in [1.807, 2.05) is 43.3 Å². The van der Waals surface area contributed by atoms with Gasteiger partial charge >= 0.3 is 5.97 Å². The van der Waals surface area contributed by atoms with Gasteiger partial charge in [0.1, 0.15) is 5.75 Å². The van der Waals surface area contributed by atoms with Crippen LogP contribution in [0.1, 0.15) is 43.4 Å². The SMILES string of the molecule is C=C(C)[C@H]1C[C@H](c2cccc(Cl)c2)[C@H](C)O[C@@H]1c1ccccc1OCC(=O)O. The van der Waals surface area contributed by atoms with Crippen molar-refractivity contribution < 1.29 is 19.4 Å². The Kier molecular flexibility index (Phi) is 6.42. The largest absolute Gasteiger partial charge is 0.482 e. The maximum atomic E-state index is 10.9. The molecule has 0 aliphatic carbocycles. The zero-order chi connectivity index (χ0) is 20.3. The number of carbonyl (C=O) groups is 1. The molecule has 0 radical (unpaired) electrons. The van der Waals surface area contributed by atoms with Gasteiger partial charge in [-0.15, -0.1) is 0 Å². The van der Waals surface area contributed by atoms with Crippen molar-refractivity contribution in [1.82, 2.24) is 0 Å². The molecule has 0 saturated carbocycles. The van der Waals surface area contributed by atoms with Crippen molar-refractivity contribution in [3.8, 4) is 5.75 Å². The quantitative estimate of drug-likeness (QED) is 0.638. The normalized spacial score (nSPS) is 24.5. The molecule has 1 aliphatic heterocycles. The number of carboxylic acids is 1. The summed E-state index contributed by atoms with van der Waals surface area (Å²) in [6, 6.07) is 15.4. The summed E-state index contributed by atoms with van der Waals surface area (Å²) in [6.07, 6.45) is 0.592. The lowest BCUT2D eigenvalue weighted by molar-refractivity contribution is -0.139. The van der Waals surface area contributed by atoms with Gasteiger partial charge in [-0.3, -0.25) is 0 Å². The summed E-state index contributed by atoms with van der Waals surface area (Å²) in [6.45, 7) is 7.87. The first-order valence-corrected chi connectivity index (χ1v) is 9.74. The first-order chi connectivity index (χ1) is 13.4. The molecule has 1 fully saturated rings. The van der Waals surface area contributed by atoms with Gasteiger partial charge in [0, 0.05) is 22.4 Å². The highest BCUT2D eigenvalue weighted by Gasteiger charge is 2.39. The van der Waals surface area contributed by atoms with Crippen LogP contribution in [0.25, 0.3) is 0 Å². The fraction of sp³-hybridized carbons (Fsp3) is 0.348. The van der Waals surface area contributed by atoms with E-state index in [-0.39, 0.29) is 30.7 Å². The number of hydrogen-bond acceptors (Lipinski definition) is 3. The lowest BCUT2D eigenvalue weighted by Gasteiger charge is -2.41. The molecule has 0 spiro atoms. The Morgan fingerprint density at radius 3 is 2.71 bits per heavy atom. The molecule has 1 aliphatic rings. The summed E-state index contributed by atoms with van der Waals surface area (Å²) in [7, 11) is 0. The second-order valence-corrected chi connectivity index (χ2v) is 7.77. The first-order valence-electron chi connectivity index (χ1n) is 9.36. The average Bonchev–Trinajstić information content (AvgIpc) is 2.66. The third-order valence-corrected chi connectivity index (χ3v) is 5.52. The van der Waals surface area contributed by atoms with Crippen LogP contribution in [0.3, 0.4) is 0 Å². The van der Waals surface area contributed by atoms with Crippen molar-refractivity contribution in [3.05, 3.63) is 76.8 Å². The van der Waals surface area contributed by atoms with Gasteiger partial charge in [-0.2, -0.15) is 0 Å². The minimum Gasteiger partial charge on any atom is -0.482 e. The van der Waals surface area contributed by atoms with Crippen LogP contribution in [0.5, 0.6) is 5.75 Å². The molecule has 4 atom stereocenters. The highest BCUT2D eigenvalue weighted by molar-refractivity contribution is 6.30. The maximum absolute atomic E-state index is 10.9. The fourth-order valence-electron chi connectivity index (χ4n) is 3.89. The zero-order valence-electron chi connectivity index (χ0n) is 16.1. The molecule has 0 aromatic heterocycles. The predicted molar refractivity (Wildman–Crippen MR) is 110 cm³/mol. The van der Waals surface area contributed by atoms with Crippen LogP contribution >= 0.6 is 11.6 Å². The summed E-state index contributed by atoms with van der Waals surface area (Å²) >= 11 is 6.19. The second-order valence-electron chi connectivity index (χ2n) is 7.33. The molecule has 1 N–H and O–H groups in total. The molecular weight excluding hydrogens is 376 g/mol. The second kappa shape index (κ2) is 8.80. The van der Waals surface area contributed by atoms with Gasteiger partial charge in [-0.05, 0) is 44.0 Å². The molecule has 0 unspecified atom stereocenters. The molecule has 148 valence electrons. The first kappa shape index (κ1) is 20.4. The summed E-state index contributed by atoms with van der Waals surface area (Å²) in [4.78, 5) is 10.9. The minimum absolute atomic E-state index is 0.0356. The molecule has 4 nitrogen and oxygen atoms in total. The maximum Gasteiger partial charge on any atom is 0.341 e. The summed E-state index contributed by atoms with van der Waals surface area (Å²) < 4.78 is 12.0. The summed E-state index contributed by atoms with van der Waals surface area (Å²) in [5, 5.41) is 9.67. The molecule has 2 aromatic rings. The van der Waals surface area contributed by atoms with Gasteiger partial charge in [-0.25, -0.2) is 4.79 Å². The minimum atomic E-state index is -1.01. The van der Waals surface area contributed by atoms with Crippen molar-refractivity contribution in [1.29, 1.82) is 0 Å². The molecule has 0 amide bonds.